The molecular weight excluding hydrogens is 294 g/mol. The number of nitrogens with two attached hydrogens (primary N) is 1. The van der Waals surface area contributed by atoms with Crippen molar-refractivity contribution in [2.75, 3.05) is 19.6 Å². The second-order valence-corrected chi connectivity index (χ2v) is 6.66. The minimum Gasteiger partial charge on any atom is -0.369 e. The number of hydrogen-bond acceptors (Lipinski definition) is 4. The first-order chi connectivity index (χ1) is 11.1. The number of nitrogens with one attached hydrogen (secondary N) is 1. The molecule has 1 aromatic rings. The van der Waals surface area contributed by atoms with E-state index in [2.05, 4.69) is 10.4 Å². The molecule has 23 heavy (non-hydrogen) atoms. The molecule has 2 fully saturated rings. The average molecular weight is 319 g/mol. The maximum Gasteiger partial charge on any atom is 0.274 e. The Bertz CT molecular complexity index is 579. The van der Waals surface area contributed by atoms with Gasteiger partial charge in [-0.25, -0.2) is 0 Å². The van der Waals surface area contributed by atoms with Crippen LogP contribution in [0.25, 0.3) is 0 Å². The van der Waals surface area contributed by atoms with Crippen molar-refractivity contribution in [3.8, 4) is 0 Å². The van der Waals surface area contributed by atoms with Crippen LogP contribution in [0.2, 0.25) is 0 Å². The highest BCUT2D eigenvalue weighted by Gasteiger charge is 2.33. The van der Waals surface area contributed by atoms with Crippen LogP contribution in [0.5, 0.6) is 0 Å². The van der Waals surface area contributed by atoms with Gasteiger partial charge < -0.3 is 16.0 Å². The van der Waals surface area contributed by atoms with Gasteiger partial charge in [0.1, 0.15) is 5.69 Å². The molecule has 0 radical (unpaired) electrons. The Balaban J connectivity index is 1.71. The summed E-state index contributed by atoms with van der Waals surface area (Å²) >= 11 is 0. The van der Waals surface area contributed by atoms with Crippen molar-refractivity contribution in [2.45, 2.75) is 44.7 Å². The Kier molecular flexibility index (Phi) is 4.66. The van der Waals surface area contributed by atoms with Gasteiger partial charge in [-0.05, 0) is 45.2 Å². The minimum absolute atomic E-state index is 0.106. The van der Waals surface area contributed by atoms with Crippen LogP contribution in [-0.2, 0) is 4.79 Å². The lowest BCUT2D eigenvalue weighted by atomic mass is 9.92. The molecule has 2 saturated heterocycles. The van der Waals surface area contributed by atoms with E-state index < -0.39 is 0 Å². The average Bonchev–Trinajstić information content (AvgIpc) is 3.05. The number of carbonyl (C=O) groups excluding carboxylic acids is 2. The van der Waals surface area contributed by atoms with Gasteiger partial charge in [-0.1, -0.05) is 0 Å². The van der Waals surface area contributed by atoms with Crippen LogP contribution < -0.4 is 11.1 Å². The van der Waals surface area contributed by atoms with Crippen LogP contribution in [0.1, 0.15) is 49.1 Å². The van der Waals surface area contributed by atoms with Gasteiger partial charge in [0.2, 0.25) is 5.91 Å². The molecule has 2 aliphatic rings. The van der Waals surface area contributed by atoms with Crippen molar-refractivity contribution in [3.63, 3.8) is 0 Å². The molecule has 3 heterocycles. The Morgan fingerprint density at radius 1 is 1.35 bits per heavy atom. The third-order valence-corrected chi connectivity index (χ3v) is 5.02. The van der Waals surface area contributed by atoms with E-state index in [1.54, 1.807) is 11.0 Å². The number of piperidine rings is 2. The first kappa shape index (κ1) is 16.0. The van der Waals surface area contributed by atoms with Gasteiger partial charge in [-0.2, -0.15) is 5.10 Å². The van der Waals surface area contributed by atoms with Gasteiger partial charge in [-0.3, -0.25) is 14.3 Å². The summed E-state index contributed by atoms with van der Waals surface area (Å²) in [5.74, 6) is -0.681. The zero-order valence-electron chi connectivity index (χ0n) is 13.6. The Morgan fingerprint density at radius 2 is 2.17 bits per heavy atom. The molecular formula is C16H25N5O2. The second-order valence-electron chi connectivity index (χ2n) is 6.66. The van der Waals surface area contributed by atoms with Crippen LogP contribution >= 0.6 is 0 Å². The molecule has 7 heteroatoms. The molecule has 1 aromatic heterocycles. The minimum atomic E-state index is -0.325. The molecule has 3 atom stereocenters. The summed E-state index contributed by atoms with van der Waals surface area (Å²) in [4.78, 5) is 25.9. The van der Waals surface area contributed by atoms with Gasteiger partial charge in [-0.15, -0.1) is 0 Å². The summed E-state index contributed by atoms with van der Waals surface area (Å²) in [5.41, 5.74) is 5.86. The van der Waals surface area contributed by atoms with E-state index in [4.69, 9.17) is 5.73 Å². The summed E-state index contributed by atoms with van der Waals surface area (Å²) < 4.78 is 1.89. The van der Waals surface area contributed by atoms with Gasteiger partial charge >= 0.3 is 0 Å². The molecule has 3 N–H and O–H groups in total. The van der Waals surface area contributed by atoms with Crippen molar-refractivity contribution >= 4 is 11.8 Å². The van der Waals surface area contributed by atoms with Crippen LogP contribution in [0.15, 0.2) is 12.3 Å². The summed E-state index contributed by atoms with van der Waals surface area (Å²) in [7, 11) is 0. The standard InChI is InChI=1S/C16H25N5O2/c1-11-4-5-12(15(17)22)10-20(11)16(23)14-6-8-21(19-14)13-3-2-7-18-9-13/h6,8,11-13,18H,2-5,7,9-10H2,1H3,(H2,17,22). The predicted molar refractivity (Wildman–Crippen MR) is 85.8 cm³/mol. The third-order valence-electron chi connectivity index (χ3n) is 5.02. The SMILES string of the molecule is CC1CCC(C(N)=O)CN1C(=O)c1ccn(C2CCCNC2)n1. The van der Waals surface area contributed by atoms with Crippen LogP contribution in [0.4, 0.5) is 0 Å². The van der Waals surface area contributed by atoms with Crippen molar-refractivity contribution in [3.05, 3.63) is 18.0 Å². The molecule has 0 aliphatic carbocycles. The summed E-state index contributed by atoms with van der Waals surface area (Å²) in [6.07, 6.45) is 5.63. The van der Waals surface area contributed by atoms with E-state index in [9.17, 15) is 9.59 Å². The third kappa shape index (κ3) is 3.39. The van der Waals surface area contributed by atoms with Crippen molar-refractivity contribution in [1.29, 1.82) is 0 Å². The van der Waals surface area contributed by atoms with Gasteiger partial charge in [0.15, 0.2) is 0 Å². The van der Waals surface area contributed by atoms with Crippen LogP contribution in [0, 0.1) is 5.92 Å². The molecule has 7 nitrogen and oxygen atoms in total. The monoisotopic (exact) mass is 319 g/mol. The van der Waals surface area contributed by atoms with Gasteiger partial charge in [0, 0.05) is 25.3 Å². The lowest BCUT2D eigenvalue weighted by Gasteiger charge is -2.36. The molecule has 0 saturated carbocycles. The number of rotatable bonds is 3. The molecule has 3 unspecified atom stereocenters. The zero-order chi connectivity index (χ0) is 16.4. The van der Waals surface area contributed by atoms with Crippen molar-refractivity contribution < 1.29 is 9.59 Å². The Morgan fingerprint density at radius 3 is 2.87 bits per heavy atom. The number of hydrogen-bond donors (Lipinski definition) is 2. The first-order valence-electron chi connectivity index (χ1n) is 8.42. The fraction of sp³-hybridized carbons (Fsp3) is 0.688. The second kappa shape index (κ2) is 6.70. The number of amides is 2. The van der Waals surface area contributed by atoms with E-state index in [0.29, 0.717) is 18.3 Å². The maximum atomic E-state index is 12.8. The molecule has 126 valence electrons. The predicted octanol–water partition coefficient (Wildman–Crippen LogP) is 0.534. The van der Waals surface area contributed by atoms with Crippen LogP contribution in [-0.4, -0.2) is 52.2 Å². The highest BCUT2D eigenvalue weighted by atomic mass is 16.2. The van der Waals surface area contributed by atoms with E-state index in [-0.39, 0.29) is 23.8 Å². The number of primary amides is 1. The quantitative estimate of drug-likeness (QED) is 0.850. The molecule has 0 bridgehead atoms. The Hall–Kier alpha value is -1.89. The van der Waals surface area contributed by atoms with Crippen molar-refractivity contribution in [2.24, 2.45) is 11.7 Å². The summed E-state index contributed by atoms with van der Waals surface area (Å²) in [6, 6.07) is 2.19. The van der Waals surface area contributed by atoms with E-state index in [1.165, 1.54) is 0 Å². The van der Waals surface area contributed by atoms with Gasteiger partial charge in [0.05, 0.1) is 12.0 Å². The molecule has 2 aliphatic heterocycles. The molecule has 0 spiro atoms. The number of nitrogens with zero attached hydrogens (tertiary/aromatic N) is 3. The maximum absolute atomic E-state index is 12.8. The van der Waals surface area contributed by atoms with Gasteiger partial charge in [0.25, 0.3) is 5.91 Å². The Labute approximate surface area is 136 Å². The summed E-state index contributed by atoms with van der Waals surface area (Å²) in [6.45, 7) is 4.34. The number of carbonyl (C=O) groups is 2. The van der Waals surface area contributed by atoms with E-state index in [0.717, 1.165) is 38.8 Å². The zero-order valence-corrected chi connectivity index (χ0v) is 13.6. The van der Waals surface area contributed by atoms with Crippen molar-refractivity contribution in [1.82, 2.24) is 20.0 Å². The van der Waals surface area contributed by atoms with E-state index >= 15 is 0 Å². The molecule has 2 amide bonds. The normalized spacial score (nSPS) is 28.6. The highest BCUT2D eigenvalue weighted by molar-refractivity contribution is 5.93. The lowest BCUT2D eigenvalue weighted by molar-refractivity contribution is -0.123. The van der Waals surface area contributed by atoms with Crippen LogP contribution in [0.3, 0.4) is 0 Å². The highest BCUT2D eigenvalue weighted by Crippen LogP contribution is 2.24. The molecule has 3 rings (SSSR count). The number of aromatic nitrogens is 2. The fourth-order valence-corrected chi connectivity index (χ4v) is 3.48. The summed E-state index contributed by atoms with van der Waals surface area (Å²) in [5, 5.41) is 7.84. The first-order valence-corrected chi connectivity index (χ1v) is 8.42. The topological polar surface area (TPSA) is 93.3 Å². The number of likely N-dealkylation sites (tertiary alicyclic amines) is 1. The molecule has 0 aromatic carbocycles. The lowest BCUT2D eigenvalue weighted by Crippen LogP contribution is -2.48. The fourth-order valence-electron chi connectivity index (χ4n) is 3.48. The smallest absolute Gasteiger partial charge is 0.274 e. The van der Waals surface area contributed by atoms with E-state index in [1.807, 2.05) is 17.8 Å². The largest absolute Gasteiger partial charge is 0.369 e.